The lowest BCUT2D eigenvalue weighted by atomic mass is 10.1. The molecular formula is C18H15F2NO2S. The quantitative estimate of drug-likeness (QED) is 0.623. The first-order valence-corrected chi connectivity index (χ1v) is 8.19. The van der Waals surface area contributed by atoms with Crippen LogP contribution in [-0.4, -0.2) is 11.7 Å². The van der Waals surface area contributed by atoms with Crippen molar-refractivity contribution in [2.75, 3.05) is 5.32 Å². The van der Waals surface area contributed by atoms with Gasteiger partial charge in [-0.2, -0.15) is 8.78 Å². The topological polar surface area (TPSA) is 42.2 Å². The van der Waals surface area contributed by atoms with E-state index >= 15 is 0 Å². The molecule has 2 aromatic carbocycles. The molecule has 0 aliphatic carbocycles. The minimum atomic E-state index is -2.56. The minimum Gasteiger partial charge on any atom is -0.450 e. The van der Waals surface area contributed by atoms with Gasteiger partial charge in [0.2, 0.25) is 0 Å². The smallest absolute Gasteiger partial charge is 0.291 e. The first-order valence-electron chi connectivity index (χ1n) is 7.31. The van der Waals surface area contributed by atoms with Crippen molar-refractivity contribution in [1.82, 2.24) is 0 Å². The summed E-state index contributed by atoms with van der Waals surface area (Å²) in [6.45, 7) is 3.71. The van der Waals surface area contributed by atoms with E-state index < -0.39 is 11.7 Å². The monoisotopic (exact) mass is 347 g/mol. The fraction of sp³-hybridized carbons (Fsp3) is 0.167. The van der Waals surface area contributed by atoms with E-state index in [4.69, 9.17) is 4.42 Å². The van der Waals surface area contributed by atoms with Gasteiger partial charge in [0, 0.05) is 15.8 Å². The summed E-state index contributed by atoms with van der Waals surface area (Å²) in [6, 6.07) is 12.2. The molecule has 3 rings (SSSR count). The van der Waals surface area contributed by atoms with E-state index in [2.05, 4.69) is 5.32 Å². The molecule has 0 saturated heterocycles. The number of benzene rings is 2. The van der Waals surface area contributed by atoms with Crippen molar-refractivity contribution in [2.24, 2.45) is 0 Å². The number of fused-ring (bicyclic) bond motifs is 1. The molecule has 1 N–H and O–H groups in total. The molecule has 24 heavy (non-hydrogen) atoms. The molecule has 0 fully saturated rings. The van der Waals surface area contributed by atoms with E-state index in [1.54, 1.807) is 31.2 Å². The summed E-state index contributed by atoms with van der Waals surface area (Å²) in [5.74, 6) is -2.82. The molecular weight excluding hydrogens is 332 g/mol. The van der Waals surface area contributed by atoms with Crippen LogP contribution in [0.1, 0.15) is 21.7 Å². The second-order valence-electron chi connectivity index (χ2n) is 5.34. The van der Waals surface area contributed by atoms with Gasteiger partial charge in [-0.1, -0.05) is 42.1 Å². The molecule has 0 saturated carbocycles. The predicted octanol–water partition coefficient (Wildman–Crippen LogP) is 5.62. The highest BCUT2D eigenvalue weighted by atomic mass is 32.2. The number of hydrogen-bond acceptors (Lipinski definition) is 3. The highest BCUT2D eigenvalue weighted by molar-refractivity contribution is 7.99. The van der Waals surface area contributed by atoms with Crippen molar-refractivity contribution < 1.29 is 18.0 Å². The Morgan fingerprint density at radius 2 is 1.88 bits per heavy atom. The Morgan fingerprint density at radius 3 is 2.58 bits per heavy atom. The van der Waals surface area contributed by atoms with Crippen LogP contribution < -0.4 is 5.32 Å². The molecule has 124 valence electrons. The Bertz CT molecular complexity index is 905. The molecule has 3 aromatic rings. The van der Waals surface area contributed by atoms with Crippen LogP contribution in [0.25, 0.3) is 11.0 Å². The Kier molecular flexibility index (Phi) is 4.57. The molecule has 1 aromatic heterocycles. The summed E-state index contributed by atoms with van der Waals surface area (Å²) >= 11 is 0.395. The van der Waals surface area contributed by atoms with E-state index in [0.29, 0.717) is 27.9 Å². The zero-order chi connectivity index (χ0) is 17.3. The molecule has 3 nitrogen and oxygen atoms in total. The van der Waals surface area contributed by atoms with Crippen molar-refractivity contribution in [3.63, 3.8) is 0 Å². The summed E-state index contributed by atoms with van der Waals surface area (Å²) in [4.78, 5) is 12.9. The van der Waals surface area contributed by atoms with Gasteiger partial charge in [0.15, 0.2) is 5.76 Å². The lowest BCUT2D eigenvalue weighted by Gasteiger charge is -2.09. The summed E-state index contributed by atoms with van der Waals surface area (Å²) in [5.41, 5.74) is 2.66. The molecule has 0 unspecified atom stereocenters. The number of anilines is 1. The maximum absolute atomic E-state index is 12.6. The highest BCUT2D eigenvalue weighted by Gasteiger charge is 2.20. The van der Waals surface area contributed by atoms with Crippen molar-refractivity contribution in [2.45, 2.75) is 24.5 Å². The Labute approximate surface area is 142 Å². The zero-order valence-corrected chi connectivity index (χ0v) is 13.9. The third-order valence-electron chi connectivity index (χ3n) is 3.72. The van der Waals surface area contributed by atoms with Gasteiger partial charge in [-0.25, -0.2) is 0 Å². The van der Waals surface area contributed by atoms with Gasteiger partial charge < -0.3 is 9.73 Å². The molecule has 1 amide bonds. The minimum absolute atomic E-state index is 0.191. The zero-order valence-electron chi connectivity index (χ0n) is 13.1. The van der Waals surface area contributed by atoms with E-state index in [0.717, 1.165) is 16.5 Å². The molecule has 0 spiro atoms. The number of carbonyl (C=O) groups excluding carboxylic acids is 1. The second kappa shape index (κ2) is 6.65. The van der Waals surface area contributed by atoms with Gasteiger partial charge in [0.25, 0.3) is 11.7 Å². The SMILES string of the molecule is Cc1c(C(=O)Nc2ccccc2SC(F)F)oc2c(C)cccc12. The molecule has 0 radical (unpaired) electrons. The van der Waals surface area contributed by atoms with Crippen molar-refractivity contribution in [1.29, 1.82) is 0 Å². The summed E-state index contributed by atoms with van der Waals surface area (Å²) in [6.07, 6.45) is 0. The van der Waals surface area contributed by atoms with Crippen LogP contribution in [0, 0.1) is 13.8 Å². The average Bonchev–Trinajstić information content (AvgIpc) is 2.88. The molecule has 0 atom stereocenters. The number of aryl methyl sites for hydroxylation is 2. The first kappa shape index (κ1) is 16.5. The Balaban J connectivity index is 1.94. The second-order valence-corrected chi connectivity index (χ2v) is 6.37. The van der Waals surface area contributed by atoms with E-state index in [9.17, 15) is 13.6 Å². The summed E-state index contributed by atoms with van der Waals surface area (Å²) in [7, 11) is 0. The van der Waals surface area contributed by atoms with Gasteiger partial charge in [-0.05, 0) is 31.5 Å². The summed E-state index contributed by atoms with van der Waals surface area (Å²) in [5, 5.41) is 3.54. The standard InChI is InChI=1S/C18H15F2NO2S/c1-10-6-5-7-12-11(2)16(23-15(10)12)17(22)21-13-8-3-4-9-14(13)24-18(19)20/h3-9,18H,1-2H3,(H,21,22). The normalized spacial score (nSPS) is 11.2. The maximum atomic E-state index is 12.6. The van der Waals surface area contributed by atoms with Crippen molar-refractivity contribution in [3.8, 4) is 0 Å². The molecule has 0 bridgehead atoms. The number of carbonyl (C=O) groups is 1. The van der Waals surface area contributed by atoms with Crippen molar-refractivity contribution in [3.05, 3.63) is 59.4 Å². The van der Waals surface area contributed by atoms with Crippen LogP contribution >= 0.6 is 11.8 Å². The number of furan rings is 1. The molecule has 1 heterocycles. The van der Waals surface area contributed by atoms with E-state index in [-0.39, 0.29) is 5.76 Å². The number of thioether (sulfide) groups is 1. The Hall–Kier alpha value is -2.34. The van der Waals surface area contributed by atoms with Crippen LogP contribution in [-0.2, 0) is 0 Å². The average molecular weight is 347 g/mol. The van der Waals surface area contributed by atoms with Gasteiger partial charge >= 0.3 is 0 Å². The Morgan fingerprint density at radius 1 is 1.12 bits per heavy atom. The van der Waals surface area contributed by atoms with Crippen LogP contribution in [0.15, 0.2) is 51.8 Å². The fourth-order valence-electron chi connectivity index (χ4n) is 2.55. The number of nitrogens with one attached hydrogen (secondary N) is 1. The van der Waals surface area contributed by atoms with Gasteiger partial charge in [-0.3, -0.25) is 4.79 Å². The van der Waals surface area contributed by atoms with Crippen molar-refractivity contribution >= 4 is 34.3 Å². The lowest BCUT2D eigenvalue weighted by Crippen LogP contribution is -2.12. The van der Waals surface area contributed by atoms with Crippen LogP contribution in [0.4, 0.5) is 14.5 Å². The third kappa shape index (κ3) is 3.14. The molecule has 0 aliphatic rings. The van der Waals surface area contributed by atoms with Crippen LogP contribution in [0.3, 0.4) is 0 Å². The molecule has 0 aliphatic heterocycles. The number of hydrogen-bond donors (Lipinski definition) is 1. The van der Waals surface area contributed by atoms with Crippen LogP contribution in [0.5, 0.6) is 0 Å². The number of amides is 1. The number of rotatable bonds is 4. The van der Waals surface area contributed by atoms with E-state index in [1.807, 2.05) is 25.1 Å². The highest BCUT2D eigenvalue weighted by Crippen LogP contribution is 2.33. The first-order chi connectivity index (χ1) is 11.5. The van der Waals surface area contributed by atoms with Gasteiger partial charge in [0.05, 0.1) is 5.69 Å². The fourth-order valence-corrected chi connectivity index (χ4v) is 3.14. The number of para-hydroxylation sites is 2. The van der Waals surface area contributed by atoms with Gasteiger partial charge in [-0.15, -0.1) is 0 Å². The largest absolute Gasteiger partial charge is 0.450 e. The summed E-state index contributed by atoms with van der Waals surface area (Å²) < 4.78 is 31.0. The molecule has 6 heteroatoms. The maximum Gasteiger partial charge on any atom is 0.291 e. The third-order valence-corrected chi connectivity index (χ3v) is 4.51. The number of halogens is 2. The lowest BCUT2D eigenvalue weighted by molar-refractivity contribution is 0.0997. The predicted molar refractivity (Wildman–Crippen MR) is 91.9 cm³/mol. The van der Waals surface area contributed by atoms with E-state index in [1.165, 1.54) is 0 Å². The van der Waals surface area contributed by atoms with Gasteiger partial charge in [0.1, 0.15) is 5.58 Å². The van der Waals surface area contributed by atoms with Crippen LogP contribution in [0.2, 0.25) is 0 Å². The number of alkyl halides is 2.